The molecule has 0 saturated heterocycles. The molecule has 0 aliphatic carbocycles. The van der Waals surface area contributed by atoms with Crippen molar-refractivity contribution in [3.05, 3.63) is 30.1 Å². The highest BCUT2D eigenvalue weighted by molar-refractivity contribution is 7.50. The summed E-state index contributed by atoms with van der Waals surface area (Å²) in [5, 5.41) is 0. The fraction of sp³-hybridized carbons (Fsp3) is 0.375. The van der Waals surface area contributed by atoms with Gasteiger partial charge in [-0.1, -0.05) is 6.07 Å². The quantitative estimate of drug-likeness (QED) is 0.669. The average molecular weight is 201 g/mol. The third-order valence-electron chi connectivity index (χ3n) is 1.46. The molecule has 1 aromatic rings. The summed E-state index contributed by atoms with van der Waals surface area (Å²) in [7, 11) is -3.70. The number of hydrogen-bond donors (Lipinski definition) is 0. The van der Waals surface area contributed by atoms with Gasteiger partial charge in [0.2, 0.25) is 0 Å². The number of aromatic nitrogens is 1. The molecule has 0 radical (unpaired) electrons. The van der Waals surface area contributed by atoms with Crippen molar-refractivity contribution < 1.29 is 19.0 Å². The standard InChI is InChI=1S/C8H12NO3P/c1-2-12-13(10,11)7-8-5-3-4-6-9-8/h3-6H,2,7H2,1H3,(H,10,11). The summed E-state index contributed by atoms with van der Waals surface area (Å²) in [6, 6.07) is 5.28. The molecule has 0 fully saturated rings. The van der Waals surface area contributed by atoms with Gasteiger partial charge in [-0.2, -0.15) is 0 Å². The summed E-state index contributed by atoms with van der Waals surface area (Å²) in [6.45, 7) is 1.84. The second kappa shape index (κ2) is 4.51. The van der Waals surface area contributed by atoms with Gasteiger partial charge in [0.1, 0.15) is 7.60 Å². The van der Waals surface area contributed by atoms with Gasteiger partial charge in [0.15, 0.2) is 11.9 Å². The second-order valence-corrected chi connectivity index (χ2v) is 4.37. The third-order valence-corrected chi connectivity index (χ3v) is 2.84. The molecule has 0 spiro atoms. The molecule has 1 unspecified atom stereocenters. The summed E-state index contributed by atoms with van der Waals surface area (Å²) < 4.78 is 15.8. The van der Waals surface area contributed by atoms with Crippen molar-refractivity contribution in [2.75, 3.05) is 6.61 Å². The van der Waals surface area contributed by atoms with Crippen molar-refractivity contribution >= 4 is 7.60 Å². The highest BCUT2D eigenvalue weighted by Crippen LogP contribution is 2.39. The van der Waals surface area contributed by atoms with E-state index in [1.165, 1.54) is 0 Å². The lowest BCUT2D eigenvalue weighted by atomic mass is 10.4. The predicted molar refractivity (Wildman–Crippen MR) is 45.9 cm³/mol. The summed E-state index contributed by atoms with van der Waals surface area (Å²) >= 11 is 0. The Balaban J connectivity index is 2.64. The van der Waals surface area contributed by atoms with Gasteiger partial charge in [0.05, 0.1) is 12.8 Å². The van der Waals surface area contributed by atoms with Crippen LogP contribution in [-0.2, 0) is 15.3 Å². The smallest absolute Gasteiger partial charge is 0.188 e. The molecule has 0 aliphatic rings. The van der Waals surface area contributed by atoms with Crippen molar-refractivity contribution in [3.63, 3.8) is 0 Å². The Morgan fingerprint density at radius 3 is 2.92 bits per heavy atom. The fourth-order valence-electron chi connectivity index (χ4n) is 0.980. The maximum atomic E-state index is 11.2. The van der Waals surface area contributed by atoms with Gasteiger partial charge >= 0.3 is 0 Å². The minimum absolute atomic E-state index is 0.0817. The number of nitrogens with one attached hydrogen (secondary N) is 1. The number of pyridine rings is 1. The first-order valence-corrected chi connectivity index (χ1v) is 5.77. The first kappa shape index (κ1) is 10.4. The van der Waals surface area contributed by atoms with E-state index in [9.17, 15) is 9.46 Å². The summed E-state index contributed by atoms with van der Waals surface area (Å²) in [5.41, 5.74) is 0.634. The van der Waals surface area contributed by atoms with E-state index >= 15 is 0 Å². The van der Waals surface area contributed by atoms with Gasteiger partial charge in [0.25, 0.3) is 0 Å². The SMILES string of the molecule is CCOP(=O)([O-])Cc1cccc[nH+]1. The normalized spacial score (nSPS) is 15.2. The Kier molecular flexibility index (Phi) is 3.60. The maximum absolute atomic E-state index is 11.2. The molecule has 1 aromatic heterocycles. The van der Waals surface area contributed by atoms with Crippen LogP contribution in [0.15, 0.2) is 24.4 Å². The average Bonchev–Trinajstić information content (AvgIpc) is 2.04. The van der Waals surface area contributed by atoms with Crippen LogP contribution < -0.4 is 9.88 Å². The highest BCUT2D eigenvalue weighted by atomic mass is 31.2. The molecule has 13 heavy (non-hydrogen) atoms. The third kappa shape index (κ3) is 3.68. The molecule has 5 heteroatoms. The van der Waals surface area contributed by atoms with Crippen molar-refractivity contribution in [2.45, 2.75) is 13.1 Å². The van der Waals surface area contributed by atoms with E-state index in [-0.39, 0.29) is 12.8 Å². The molecule has 1 rings (SSSR count). The van der Waals surface area contributed by atoms with E-state index in [1.807, 2.05) is 0 Å². The van der Waals surface area contributed by atoms with Crippen LogP contribution in [-0.4, -0.2) is 6.61 Å². The molecular weight excluding hydrogens is 189 g/mol. The molecule has 0 aliphatic heterocycles. The van der Waals surface area contributed by atoms with Crippen molar-refractivity contribution in [2.24, 2.45) is 0 Å². The lowest BCUT2D eigenvalue weighted by Crippen LogP contribution is -2.14. The van der Waals surface area contributed by atoms with Crippen LogP contribution in [0.25, 0.3) is 0 Å². The van der Waals surface area contributed by atoms with E-state index in [0.29, 0.717) is 5.69 Å². The molecule has 0 amide bonds. The molecular formula is C8H12NO3P. The molecule has 1 heterocycles. The van der Waals surface area contributed by atoms with Gasteiger partial charge in [-0.05, 0) is 6.92 Å². The van der Waals surface area contributed by atoms with Crippen LogP contribution >= 0.6 is 7.60 Å². The van der Waals surface area contributed by atoms with E-state index in [2.05, 4.69) is 9.51 Å². The highest BCUT2D eigenvalue weighted by Gasteiger charge is 2.12. The first-order valence-electron chi connectivity index (χ1n) is 4.04. The Hall–Kier alpha value is -0.700. The molecule has 1 N–H and O–H groups in total. The maximum Gasteiger partial charge on any atom is 0.188 e. The zero-order valence-electron chi connectivity index (χ0n) is 7.40. The first-order chi connectivity index (χ1) is 6.14. The Labute approximate surface area is 77.1 Å². The van der Waals surface area contributed by atoms with Crippen LogP contribution in [0.1, 0.15) is 12.6 Å². The predicted octanol–water partition coefficient (Wildman–Crippen LogP) is 0.591. The number of rotatable bonds is 4. The molecule has 1 atom stereocenters. The summed E-state index contributed by atoms with van der Waals surface area (Å²) in [4.78, 5) is 14.0. The largest absolute Gasteiger partial charge is 0.778 e. The monoisotopic (exact) mass is 201 g/mol. The Bertz CT molecular complexity index is 302. The summed E-state index contributed by atoms with van der Waals surface area (Å²) in [5.74, 6) is 0. The molecule has 0 saturated carbocycles. The van der Waals surface area contributed by atoms with Crippen LogP contribution in [0.3, 0.4) is 0 Å². The minimum Gasteiger partial charge on any atom is -0.778 e. The van der Waals surface area contributed by atoms with Gasteiger partial charge in [-0.3, -0.25) is 0 Å². The van der Waals surface area contributed by atoms with Crippen LogP contribution in [0.4, 0.5) is 0 Å². The molecule has 72 valence electrons. The fourth-order valence-corrected chi connectivity index (χ4v) is 2.08. The van der Waals surface area contributed by atoms with Crippen LogP contribution in [0.2, 0.25) is 0 Å². The van der Waals surface area contributed by atoms with Crippen molar-refractivity contribution in [1.29, 1.82) is 0 Å². The van der Waals surface area contributed by atoms with Crippen molar-refractivity contribution in [1.82, 2.24) is 0 Å². The van der Waals surface area contributed by atoms with Gasteiger partial charge in [0, 0.05) is 12.1 Å². The van der Waals surface area contributed by atoms with E-state index in [1.54, 1.807) is 31.3 Å². The van der Waals surface area contributed by atoms with Gasteiger partial charge < -0.3 is 14.0 Å². The number of aromatic amines is 1. The van der Waals surface area contributed by atoms with Crippen LogP contribution in [0.5, 0.6) is 0 Å². The Morgan fingerprint density at radius 1 is 1.62 bits per heavy atom. The molecule has 4 nitrogen and oxygen atoms in total. The Morgan fingerprint density at radius 2 is 2.38 bits per heavy atom. The van der Waals surface area contributed by atoms with E-state index in [4.69, 9.17) is 0 Å². The minimum atomic E-state index is -3.70. The molecule has 0 bridgehead atoms. The topological polar surface area (TPSA) is 63.5 Å². The summed E-state index contributed by atoms with van der Waals surface area (Å²) in [6.07, 6.45) is 1.60. The van der Waals surface area contributed by atoms with E-state index < -0.39 is 7.60 Å². The van der Waals surface area contributed by atoms with Crippen molar-refractivity contribution in [3.8, 4) is 0 Å². The second-order valence-electron chi connectivity index (χ2n) is 2.57. The lowest BCUT2D eigenvalue weighted by molar-refractivity contribution is -0.389. The number of hydrogen-bond acceptors (Lipinski definition) is 3. The van der Waals surface area contributed by atoms with Gasteiger partial charge in [-0.25, -0.2) is 4.98 Å². The lowest BCUT2D eigenvalue weighted by Gasteiger charge is -2.19. The molecule has 0 aromatic carbocycles. The van der Waals surface area contributed by atoms with E-state index in [0.717, 1.165) is 0 Å². The zero-order valence-corrected chi connectivity index (χ0v) is 8.29. The van der Waals surface area contributed by atoms with Crippen LogP contribution in [0, 0.1) is 0 Å². The van der Waals surface area contributed by atoms with Gasteiger partial charge in [-0.15, -0.1) is 0 Å². The number of H-pyrrole nitrogens is 1. The zero-order chi connectivity index (χ0) is 9.73.